The van der Waals surface area contributed by atoms with Gasteiger partial charge in [0.2, 0.25) is 0 Å². The summed E-state index contributed by atoms with van der Waals surface area (Å²) < 4.78 is 42.7. The summed E-state index contributed by atoms with van der Waals surface area (Å²) in [6, 6.07) is 6.27. The molecule has 8 heteroatoms. The first kappa shape index (κ1) is 17.9. The fourth-order valence-corrected chi connectivity index (χ4v) is 2.58. The molecule has 0 N–H and O–H groups in total. The molecule has 1 aliphatic heterocycles. The van der Waals surface area contributed by atoms with Crippen molar-refractivity contribution < 1.29 is 22.7 Å². The number of piperazine rings is 1. The van der Waals surface area contributed by atoms with E-state index in [9.17, 15) is 18.0 Å². The third-order valence-corrected chi connectivity index (χ3v) is 3.93. The van der Waals surface area contributed by atoms with Crippen molar-refractivity contribution in [1.82, 2.24) is 9.80 Å². The van der Waals surface area contributed by atoms with E-state index in [0.29, 0.717) is 10.8 Å². The Kier molecular flexibility index (Phi) is 5.75. The number of amides is 1. The van der Waals surface area contributed by atoms with E-state index in [2.05, 4.69) is 0 Å². The Bertz CT molecular complexity index is 537. The smallest absolute Gasteiger partial charge is 0.401 e. The van der Waals surface area contributed by atoms with E-state index in [1.54, 1.807) is 31.2 Å². The van der Waals surface area contributed by atoms with Crippen molar-refractivity contribution in [1.29, 1.82) is 0 Å². The largest absolute Gasteiger partial charge is 0.484 e. The van der Waals surface area contributed by atoms with Crippen molar-refractivity contribution in [3.8, 4) is 5.75 Å². The predicted molar refractivity (Wildman–Crippen MR) is 80.6 cm³/mol. The van der Waals surface area contributed by atoms with Crippen LogP contribution >= 0.6 is 11.6 Å². The molecule has 1 heterocycles. The van der Waals surface area contributed by atoms with Gasteiger partial charge in [-0.05, 0) is 31.2 Å². The van der Waals surface area contributed by atoms with Gasteiger partial charge in [0.1, 0.15) is 5.75 Å². The Labute approximate surface area is 137 Å². The molecule has 0 saturated carbocycles. The number of hydrogen-bond donors (Lipinski definition) is 0. The average molecular weight is 351 g/mol. The number of rotatable bonds is 4. The molecule has 2 rings (SSSR count). The summed E-state index contributed by atoms with van der Waals surface area (Å²) in [5, 5.41) is 0.568. The lowest BCUT2D eigenvalue weighted by Gasteiger charge is -2.40. The van der Waals surface area contributed by atoms with Gasteiger partial charge in [0, 0.05) is 30.7 Å². The molecule has 1 aromatic carbocycles. The van der Waals surface area contributed by atoms with Crippen LogP contribution in [0.3, 0.4) is 0 Å². The molecule has 1 atom stereocenters. The van der Waals surface area contributed by atoms with Crippen LogP contribution in [0.25, 0.3) is 0 Å². The highest BCUT2D eigenvalue weighted by Crippen LogP contribution is 2.20. The molecule has 1 aliphatic rings. The first-order chi connectivity index (χ1) is 10.7. The number of alkyl halides is 3. The number of ether oxygens (including phenoxy) is 1. The van der Waals surface area contributed by atoms with Gasteiger partial charge < -0.3 is 9.64 Å². The lowest BCUT2D eigenvalue weighted by molar-refractivity contribution is -0.158. The molecular formula is C15H18ClF3N2O2. The maximum Gasteiger partial charge on any atom is 0.401 e. The first-order valence-electron chi connectivity index (χ1n) is 7.21. The second-order valence-corrected chi connectivity index (χ2v) is 5.95. The van der Waals surface area contributed by atoms with E-state index in [0.717, 1.165) is 0 Å². The molecule has 0 spiro atoms. The van der Waals surface area contributed by atoms with E-state index >= 15 is 0 Å². The molecule has 1 amide bonds. The fraction of sp³-hybridized carbons (Fsp3) is 0.533. The summed E-state index contributed by atoms with van der Waals surface area (Å²) in [6.45, 7) is 1.33. The van der Waals surface area contributed by atoms with Gasteiger partial charge in [-0.15, -0.1) is 0 Å². The number of carbonyl (C=O) groups excluding carboxylic acids is 1. The Hall–Kier alpha value is -1.47. The standard InChI is InChI=1S/C15H18ClF3N2O2/c1-11-8-20(6-7-21(11)10-15(17,18)19)14(22)9-23-13-4-2-12(16)3-5-13/h2-5,11H,6-10H2,1H3. The summed E-state index contributed by atoms with van der Waals surface area (Å²) in [5.74, 6) is 0.282. The lowest BCUT2D eigenvalue weighted by Crippen LogP contribution is -2.56. The van der Waals surface area contributed by atoms with Gasteiger partial charge >= 0.3 is 6.18 Å². The molecule has 1 unspecified atom stereocenters. The summed E-state index contributed by atoms with van der Waals surface area (Å²) in [7, 11) is 0. The summed E-state index contributed by atoms with van der Waals surface area (Å²) >= 11 is 5.76. The average Bonchev–Trinajstić information content (AvgIpc) is 2.47. The zero-order valence-electron chi connectivity index (χ0n) is 12.6. The number of halogens is 4. The Morgan fingerprint density at radius 2 is 1.96 bits per heavy atom. The van der Waals surface area contributed by atoms with Crippen LogP contribution in [-0.4, -0.2) is 60.7 Å². The van der Waals surface area contributed by atoms with Crippen molar-refractivity contribution in [2.75, 3.05) is 32.8 Å². The number of hydrogen-bond acceptors (Lipinski definition) is 3. The van der Waals surface area contributed by atoms with Crippen LogP contribution < -0.4 is 4.74 Å². The fourth-order valence-electron chi connectivity index (χ4n) is 2.45. The molecule has 0 aromatic heterocycles. The van der Waals surface area contributed by atoms with Crippen LogP contribution in [0.15, 0.2) is 24.3 Å². The van der Waals surface area contributed by atoms with Crippen molar-refractivity contribution in [2.45, 2.75) is 19.1 Å². The number of nitrogens with zero attached hydrogens (tertiary/aromatic N) is 2. The highest BCUT2D eigenvalue weighted by atomic mass is 35.5. The number of benzene rings is 1. The molecule has 0 aliphatic carbocycles. The van der Waals surface area contributed by atoms with Gasteiger partial charge in [-0.3, -0.25) is 9.69 Å². The van der Waals surface area contributed by atoms with Crippen LogP contribution in [-0.2, 0) is 4.79 Å². The predicted octanol–water partition coefficient (Wildman–Crippen LogP) is 2.81. The summed E-state index contributed by atoms with van der Waals surface area (Å²) in [4.78, 5) is 15.0. The van der Waals surface area contributed by atoms with Gasteiger partial charge in [-0.1, -0.05) is 11.6 Å². The molecule has 1 saturated heterocycles. The third-order valence-electron chi connectivity index (χ3n) is 3.68. The maximum absolute atomic E-state index is 12.5. The molecule has 1 aromatic rings. The molecule has 23 heavy (non-hydrogen) atoms. The number of carbonyl (C=O) groups is 1. The van der Waals surface area contributed by atoms with Crippen molar-refractivity contribution in [3.05, 3.63) is 29.3 Å². The second kappa shape index (κ2) is 7.40. The van der Waals surface area contributed by atoms with Crippen LogP contribution in [0, 0.1) is 0 Å². The van der Waals surface area contributed by atoms with E-state index in [-0.39, 0.29) is 38.2 Å². The first-order valence-corrected chi connectivity index (χ1v) is 7.59. The summed E-state index contributed by atoms with van der Waals surface area (Å²) in [5.41, 5.74) is 0. The highest BCUT2D eigenvalue weighted by Gasteiger charge is 2.35. The van der Waals surface area contributed by atoms with Gasteiger partial charge in [0.25, 0.3) is 5.91 Å². The van der Waals surface area contributed by atoms with Crippen LogP contribution in [0.1, 0.15) is 6.92 Å². The highest BCUT2D eigenvalue weighted by molar-refractivity contribution is 6.30. The SMILES string of the molecule is CC1CN(C(=O)COc2ccc(Cl)cc2)CCN1CC(F)(F)F. The molecule has 128 valence electrons. The Morgan fingerprint density at radius 1 is 1.30 bits per heavy atom. The van der Waals surface area contributed by atoms with E-state index < -0.39 is 12.7 Å². The van der Waals surface area contributed by atoms with E-state index in [1.807, 2.05) is 0 Å². The molecule has 0 radical (unpaired) electrons. The maximum atomic E-state index is 12.5. The minimum atomic E-state index is -4.22. The van der Waals surface area contributed by atoms with Gasteiger partial charge in [-0.25, -0.2) is 0 Å². The van der Waals surface area contributed by atoms with Crippen molar-refractivity contribution >= 4 is 17.5 Å². The van der Waals surface area contributed by atoms with Crippen LogP contribution in [0.4, 0.5) is 13.2 Å². The molecular weight excluding hydrogens is 333 g/mol. The zero-order valence-corrected chi connectivity index (χ0v) is 13.4. The topological polar surface area (TPSA) is 32.8 Å². The molecule has 1 fully saturated rings. The van der Waals surface area contributed by atoms with Crippen molar-refractivity contribution in [3.63, 3.8) is 0 Å². The quantitative estimate of drug-likeness (QED) is 0.837. The Morgan fingerprint density at radius 3 is 2.52 bits per heavy atom. The second-order valence-electron chi connectivity index (χ2n) is 5.52. The van der Waals surface area contributed by atoms with E-state index in [1.165, 1.54) is 9.80 Å². The molecule has 4 nitrogen and oxygen atoms in total. The minimum Gasteiger partial charge on any atom is -0.484 e. The van der Waals surface area contributed by atoms with Gasteiger partial charge in [0.05, 0.1) is 6.54 Å². The van der Waals surface area contributed by atoms with Gasteiger partial charge in [-0.2, -0.15) is 13.2 Å². The molecule has 0 bridgehead atoms. The Balaban J connectivity index is 1.81. The normalized spacial score (nSPS) is 19.7. The van der Waals surface area contributed by atoms with Crippen LogP contribution in [0.5, 0.6) is 5.75 Å². The van der Waals surface area contributed by atoms with Gasteiger partial charge in [0.15, 0.2) is 6.61 Å². The zero-order chi connectivity index (χ0) is 17.0. The minimum absolute atomic E-state index is 0.145. The van der Waals surface area contributed by atoms with E-state index in [4.69, 9.17) is 16.3 Å². The van der Waals surface area contributed by atoms with Crippen LogP contribution in [0.2, 0.25) is 5.02 Å². The summed E-state index contributed by atoms with van der Waals surface area (Å²) in [6.07, 6.45) is -4.22. The van der Waals surface area contributed by atoms with Crippen molar-refractivity contribution in [2.24, 2.45) is 0 Å². The lowest BCUT2D eigenvalue weighted by atomic mass is 10.2. The third kappa shape index (κ3) is 5.58. The monoisotopic (exact) mass is 350 g/mol.